The van der Waals surface area contributed by atoms with E-state index in [1.54, 1.807) is 0 Å². The normalized spacial score (nSPS) is 25.8. The summed E-state index contributed by atoms with van der Waals surface area (Å²) in [7, 11) is 0. The van der Waals surface area contributed by atoms with Gasteiger partial charge in [-0.3, -0.25) is 4.90 Å². The average Bonchev–Trinajstić information content (AvgIpc) is 2.60. The maximum Gasteiger partial charge on any atom is 0.0484 e. The SMILES string of the molecule is Cc1sc(C2C(CN)CCCCN2C(C)C)cc1Br. The van der Waals surface area contributed by atoms with E-state index >= 15 is 0 Å². The molecule has 1 aliphatic heterocycles. The fraction of sp³-hybridized carbons (Fsp3) is 0.733. The summed E-state index contributed by atoms with van der Waals surface area (Å²) in [6.07, 6.45) is 3.88. The van der Waals surface area contributed by atoms with E-state index in [9.17, 15) is 0 Å². The summed E-state index contributed by atoms with van der Waals surface area (Å²) in [6, 6.07) is 3.40. The van der Waals surface area contributed by atoms with Gasteiger partial charge in [0.25, 0.3) is 0 Å². The second-order valence-electron chi connectivity index (χ2n) is 5.82. The highest BCUT2D eigenvalue weighted by atomic mass is 79.9. The van der Waals surface area contributed by atoms with Gasteiger partial charge in [-0.05, 0) is 74.6 Å². The molecule has 2 rings (SSSR count). The molecule has 0 bridgehead atoms. The molecule has 1 aromatic heterocycles. The molecule has 0 saturated carbocycles. The van der Waals surface area contributed by atoms with Gasteiger partial charge in [-0.15, -0.1) is 11.3 Å². The van der Waals surface area contributed by atoms with Crippen LogP contribution in [0.4, 0.5) is 0 Å². The van der Waals surface area contributed by atoms with Gasteiger partial charge in [-0.1, -0.05) is 6.42 Å². The minimum absolute atomic E-state index is 0.502. The van der Waals surface area contributed by atoms with Crippen molar-refractivity contribution < 1.29 is 0 Å². The van der Waals surface area contributed by atoms with Gasteiger partial charge >= 0.3 is 0 Å². The molecule has 1 fully saturated rings. The topological polar surface area (TPSA) is 29.3 Å². The first kappa shape index (κ1) is 15.5. The van der Waals surface area contributed by atoms with E-state index in [0.717, 1.165) is 6.54 Å². The smallest absolute Gasteiger partial charge is 0.0484 e. The Hall–Kier alpha value is 0.100. The maximum absolute atomic E-state index is 6.07. The highest BCUT2D eigenvalue weighted by Gasteiger charge is 2.32. The lowest BCUT2D eigenvalue weighted by Gasteiger charge is -2.37. The fourth-order valence-corrected chi connectivity index (χ4v) is 4.89. The molecule has 1 aliphatic rings. The number of aryl methyl sites for hydroxylation is 1. The molecule has 1 saturated heterocycles. The Morgan fingerprint density at radius 2 is 2.21 bits per heavy atom. The van der Waals surface area contributed by atoms with E-state index in [0.29, 0.717) is 18.0 Å². The summed E-state index contributed by atoms with van der Waals surface area (Å²) in [5.74, 6) is 0.592. The molecule has 0 aliphatic carbocycles. The Balaban J connectivity index is 2.36. The van der Waals surface area contributed by atoms with Crippen molar-refractivity contribution in [1.82, 2.24) is 4.90 Å². The van der Waals surface area contributed by atoms with Crippen LogP contribution in [0.25, 0.3) is 0 Å². The van der Waals surface area contributed by atoms with Crippen LogP contribution in [0.15, 0.2) is 10.5 Å². The first-order chi connectivity index (χ1) is 9.04. The third-order valence-corrected chi connectivity index (χ3v) is 6.39. The number of nitrogens with zero attached hydrogens (tertiary/aromatic N) is 1. The average molecular weight is 345 g/mol. The van der Waals surface area contributed by atoms with Crippen molar-refractivity contribution in [2.45, 2.75) is 52.1 Å². The number of rotatable bonds is 3. The molecule has 0 spiro atoms. The van der Waals surface area contributed by atoms with Crippen LogP contribution in [0.3, 0.4) is 0 Å². The lowest BCUT2D eigenvalue weighted by molar-refractivity contribution is 0.124. The molecule has 0 amide bonds. The zero-order chi connectivity index (χ0) is 14.0. The van der Waals surface area contributed by atoms with Crippen molar-refractivity contribution in [3.8, 4) is 0 Å². The van der Waals surface area contributed by atoms with Crippen molar-refractivity contribution in [2.75, 3.05) is 13.1 Å². The Bertz CT molecular complexity index is 397. The largest absolute Gasteiger partial charge is 0.330 e. The van der Waals surface area contributed by atoms with Gasteiger partial charge < -0.3 is 5.73 Å². The molecule has 19 heavy (non-hydrogen) atoms. The van der Waals surface area contributed by atoms with Crippen LogP contribution in [-0.2, 0) is 0 Å². The van der Waals surface area contributed by atoms with Crippen LogP contribution in [0, 0.1) is 12.8 Å². The lowest BCUT2D eigenvalue weighted by atomic mass is 9.93. The van der Waals surface area contributed by atoms with E-state index in [1.165, 1.54) is 40.0 Å². The summed E-state index contributed by atoms with van der Waals surface area (Å²) in [6.45, 7) is 8.80. The standard InChI is InChI=1S/C15H25BrN2S/c1-10(2)18-7-5-4-6-12(9-17)15(18)14-8-13(16)11(3)19-14/h8,10,12,15H,4-7,9,17H2,1-3H3. The molecule has 2 nitrogen and oxygen atoms in total. The molecule has 1 aromatic rings. The first-order valence-corrected chi connectivity index (χ1v) is 8.87. The molecule has 2 N–H and O–H groups in total. The molecule has 2 heterocycles. The Morgan fingerprint density at radius 3 is 2.74 bits per heavy atom. The molecular formula is C15H25BrN2S. The molecule has 108 valence electrons. The Morgan fingerprint density at radius 1 is 1.47 bits per heavy atom. The second kappa shape index (κ2) is 6.70. The summed E-state index contributed by atoms with van der Waals surface area (Å²) in [5, 5.41) is 0. The van der Waals surface area contributed by atoms with Crippen molar-refractivity contribution in [3.63, 3.8) is 0 Å². The predicted octanol–water partition coefficient (Wildman–Crippen LogP) is 4.33. The van der Waals surface area contributed by atoms with Crippen molar-refractivity contribution in [3.05, 3.63) is 20.3 Å². The number of nitrogens with two attached hydrogens (primary N) is 1. The number of hydrogen-bond donors (Lipinski definition) is 1. The van der Waals surface area contributed by atoms with Crippen LogP contribution >= 0.6 is 27.3 Å². The monoisotopic (exact) mass is 344 g/mol. The van der Waals surface area contributed by atoms with Gasteiger partial charge in [-0.25, -0.2) is 0 Å². The lowest BCUT2D eigenvalue weighted by Crippen LogP contribution is -2.39. The van der Waals surface area contributed by atoms with E-state index in [-0.39, 0.29) is 0 Å². The fourth-order valence-electron chi connectivity index (χ4n) is 3.12. The molecule has 2 atom stereocenters. The van der Waals surface area contributed by atoms with Gasteiger partial charge in [0.1, 0.15) is 0 Å². The van der Waals surface area contributed by atoms with Crippen molar-refractivity contribution in [2.24, 2.45) is 11.7 Å². The molecule has 4 heteroatoms. The zero-order valence-electron chi connectivity index (χ0n) is 12.2. The molecule has 0 aromatic carbocycles. The maximum atomic E-state index is 6.07. The van der Waals surface area contributed by atoms with Crippen LogP contribution in [0.1, 0.15) is 48.9 Å². The Labute approximate surface area is 129 Å². The zero-order valence-corrected chi connectivity index (χ0v) is 14.6. The third kappa shape index (κ3) is 3.41. The van der Waals surface area contributed by atoms with Crippen LogP contribution in [-0.4, -0.2) is 24.0 Å². The Kier molecular flexibility index (Phi) is 5.46. The summed E-state index contributed by atoms with van der Waals surface area (Å²) in [5.41, 5.74) is 6.07. The van der Waals surface area contributed by atoms with Crippen molar-refractivity contribution in [1.29, 1.82) is 0 Å². The minimum Gasteiger partial charge on any atom is -0.330 e. The highest BCUT2D eigenvalue weighted by Crippen LogP contribution is 2.41. The van der Waals surface area contributed by atoms with Gasteiger partial charge in [0, 0.05) is 26.3 Å². The predicted molar refractivity (Wildman–Crippen MR) is 87.7 cm³/mol. The third-order valence-electron chi connectivity index (χ3n) is 4.18. The molecule has 0 radical (unpaired) electrons. The van der Waals surface area contributed by atoms with E-state index < -0.39 is 0 Å². The van der Waals surface area contributed by atoms with E-state index in [2.05, 4.69) is 47.7 Å². The van der Waals surface area contributed by atoms with Crippen LogP contribution in [0.5, 0.6) is 0 Å². The van der Waals surface area contributed by atoms with Gasteiger partial charge in [0.2, 0.25) is 0 Å². The quantitative estimate of drug-likeness (QED) is 0.884. The van der Waals surface area contributed by atoms with Crippen molar-refractivity contribution >= 4 is 27.3 Å². The van der Waals surface area contributed by atoms with Gasteiger partial charge in [0.05, 0.1) is 0 Å². The second-order valence-corrected chi connectivity index (χ2v) is 7.96. The highest BCUT2D eigenvalue weighted by molar-refractivity contribution is 9.10. The van der Waals surface area contributed by atoms with Crippen LogP contribution in [0.2, 0.25) is 0 Å². The first-order valence-electron chi connectivity index (χ1n) is 7.26. The number of halogens is 1. The number of hydrogen-bond acceptors (Lipinski definition) is 3. The summed E-state index contributed by atoms with van der Waals surface area (Å²) < 4.78 is 1.25. The van der Waals surface area contributed by atoms with E-state index in [4.69, 9.17) is 5.73 Å². The molecule has 2 unspecified atom stereocenters. The van der Waals surface area contributed by atoms with Crippen LogP contribution < -0.4 is 5.73 Å². The number of likely N-dealkylation sites (tertiary alicyclic amines) is 1. The van der Waals surface area contributed by atoms with E-state index in [1.807, 2.05) is 11.3 Å². The van der Waals surface area contributed by atoms with Gasteiger partial charge in [-0.2, -0.15) is 0 Å². The molecular weight excluding hydrogens is 320 g/mol. The van der Waals surface area contributed by atoms with Gasteiger partial charge in [0.15, 0.2) is 0 Å². The minimum atomic E-state index is 0.502. The summed E-state index contributed by atoms with van der Waals surface area (Å²) >= 11 is 5.59. The summed E-state index contributed by atoms with van der Waals surface area (Å²) in [4.78, 5) is 5.51. The number of thiophene rings is 1.